The minimum Gasteiger partial charge on any atom is -0.468 e. The molecule has 0 aromatic heterocycles. The Morgan fingerprint density at radius 1 is 1.70 bits per heavy atom. The maximum absolute atomic E-state index is 10.9. The summed E-state index contributed by atoms with van der Waals surface area (Å²) in [5.74, 6) is 0. The van der Waals surface area contributed by atoms with Crippen LogP contribution < -0.4 is 0 Å². The largest absolute Gasteiger partial charge is 0.468 e. The van der Waals surface area contributed by atoms with E-state index in [9.17, 15) is 4.21 Å². The van der Waals surface area contributed by atoms with Crippen LogP contribution in [0.3, 0.4) is 0 Å². The summed E-state index contributed by atoms with van der Waals surface area (Å²) in [6.07, 6.45) is 1.54. The molecule has 0 bridgehead atoms. The SMILES string of the molecule is CC(C)OC1=NC=CS1=O. The summed E-state index contributed by atoms with van der Waals surface area (Å²) >= 11 is 0. The van der Waals surface area contributed by atoms with Crippen molar-refractivity contribution >= 4 is 16.0 Å². The molecule has 3 nitrogen and oxygen atoms in total. The molecular weight excluding hydrogens is 150 g/mol. The van der Waals surface area contributed by atoms with Gasteiger partial charge in [0.15, 0.2) is 0 Å². The zero-order valence-corrected chi connectivity index (χ0v) is 6.72. The van der Waals surface area contributed by atoms with E-state index >= 15 is 0 Å². The average Bonchev–Trinajstić information content (AvgIpc) is 2.15. The maximum Gasteiger partial charge on any atom is 0.286 e. The first-order valence-electron chi connectivity index (χ1n) is 3.02. The van der Waals surface area contributed by atoms with E-state index in [0.29, 0.717) is 5.23 Å². The minimum absolute atomic E-state index is 0.0441. The zero-order chi connectivity index (χ0) is 7.56. The Hall–Kier alpha value is -0.640. The highest BCUT2D eigenvalue weighted by molar-refractivity contribution is 8.03. The van der Waals surface area contributed by atoms with Gasteiger partial charge in [-0.05, 0) is 13.8 Å². The fourth-order valence-electron chi connectivity index (χ4n) is 0.536. The van der Waals surface area contributed by atoms with Gasteiger partial charge in [0.05, 0.1) is 6.10 Å². The molecule has 1 aliphatic rings. The van der Waals surface area contributed by atoms with Gasteiger partial charge < -0.3 is 4.74 Å². The topological polar surface area (TPSA) is 38.7 Å². The van der Waals surface area contributed by atoms with E-state index in [4.69, 9.17) is 4.74 Å². The molecule has 4 heteroatoms. The summed E-state index contributed by atoms with van der Waals surface area (Å²) in [5.41, 5.74) is 0. The maximum atomic E-state index is 10.9. The van der Waals surface area contributed by atoms with Crippen molar-refractivity contribution < 1.29 is 8.95 Å². The van der Waals surface area contributed by atoms with Gasteiger partial charge in [-0.1, -0.05) is 0 Å². The van der Waals surface area contributed by atoms with E-state index in [1.165, 1.54) is 11.6 Å². The summed E-state index contributed by atoms with van der Waals surface area (Å²) in [6.45, 7) is 3.75. The van der Waals surface area contributed by atoms with E-state index in [0.717, 1.165) is 0 Å². The van der Waals surface area contributed by atoms with Crippen LogP contribution in [0, 0.1) is 0 Å². The van der Waals surface area contributed by atoms with Crippen LogP contribution in [0.4, 0.5) is 0 Å². The molecule has 0 amide bonds. The number of aliphatic imine (C=N–C) groups is 1. The van der Waals surface area contributed by atoms with E-state index < -0.39 is 10.8 Å². The second-order valence-corrected chi connectivity index (χ2v) is 3.36. The van der Waals surface area contributed by atoms with Crippen molar-refractivity contribution in [1.29, 1.82) is 0 Å². The van der Waals surface area contributed by atoms with Gasteiger partial charge >= 0.3 is 0 Å². The first-order valence-corrected chi connectivity index (χ1v) is 4.23. The first-order chi connectivity index (χ1) is 4.70. The highest BCUT2D eigenvalue weighted by Gasteiger charge is 2.12. The molecule has 1 atom stereocenters. The van der Waals surface area contributed by atoms with Crippen molar-refractivity contribution in [2.75, 3.05) is 0 Å². The fraction of sp³-hybridized carbons (Fsp3) is 0.500. The molecule has 0 spiro atoms. The third-order valence-electron chi connectivity index (χ3n) is 0.873. The van der Waals surface area contributed by atoms with Gasteiger partial charge in [-0.15, -0.1) is 0 Å². The van der Waals surface area contributed by atoms with E-state index in [-0.39, 0.29) is 6.10 Å². The quantitative estimate of drug-likeness (QED) is 0.572. The lowest BCUT2D eigenvalue weighted by Gasteiger charge is -2.06. The van der Waals surface area contributed by atoms with Crippen LogP contribution >= 0.6 is 0 Å². The molecule has 56 valence electrons. The number of hydrogen-bond donors (Lipinski definition) is 0. The molecule has 0 radical (unpaired) electrons. The Morgan fingerprint density at radius 2 is 2.40 bits per heavy atom. The van der Waals surface area contributed by atoms with E-state index in [1.54, 1.807) is 0 Å². The predicted molar refractivity (Wildman–Crippen MR) is 40.9 cm³/mol. The molecular formula is C6H9NO2S. The Kier molecular flexibility index (Phi) is 2.21. The zero-order valence-electron chi connectivity index (χ0n) is 5.90. The summed E-state index contributed by atoms with van der Waals surface area (Å²) in [7, 11) is -1.13. The summed E-state index contributed by atoms with van der Waals surface area (Å²) in [4.78, 5) is 3.77. The Morgan fingerprint density at radius 3 is 2.80 bits per heavy atom. The molecule has 10 heavy (non-hydrogen) atoms. The molecule has 0 aliphatic carbocycles. The van der Waals surface area contributed by atoms with Gasteiger partial charge in [0.25, 0.3) is 5.23 Å². The lowest BCUT2D eigenvalue weighted by atomic mass is 10.5. The highest BCUT2D eigenvalue weighted by Crippen LogP contribution is 2.04. The van der Waals surface area contributed by atoms with Crippen LogP contribution in [0.5, 0.6) is 0 Å². The van der Waals surface area contributed by atoms with Crippen LogP contribution in [-0.2, 0) is 15.5 Å². The molecule has 0 fully saturated rings. The molecule has 0 saturated carbocycles. The van der Waals surface area contributed by atoms with E-state index in [2.05, 4.69) is 4.99 Å². The number of nitrogens with zero attached hydrogens (tertiary/aromatic N) is 1. The number of ether oxygens (including phenoxy) is 1. The second-order valence-electron chi connectivity index (χ2n) is 2.14. The van der Waals surface area contributed by atoms with Gasteiger partial charge in [-0.25, -0.2) is 9.20 Å². The van der Waals surface area contributed by atoms with Crippen molar-refractivity contribution in [2.24, 2.45) is 4.99 Å². The molecule has 0 N–H and O–H groups in total. The van der Waals surface area contributed by atoms with Crippen molar-refractivity contribution in [2.45, 2.75) is 20.0 Å². The molecule has 1 heterocycles. The third-order valence-corrected chi connectivity index (χ3v) is 1.79. The van der Waals surface area contributed by atoms with Crippen molar-refractivity contribution in [1.82, 2.24) is 0 Å². The van der Waals surface area contributed by atoms with Crippen molar-refractivity contribution in [3.63, 3.8) is 0 Å². The molecule has 1 aliphatic heterocycles. The first kappa shape index (κ1) is 7.47. The lowest BCUT2D eigenvalue weighted by Crippen LogP contribution is -2.12. The van der Waals surface area contributed by atoms with Gasteiger partial charge in [-0.3, -0.25) is 0 Å². The monoisotopic (exact) mass is 159 g/mol. The average molecular weight is 159 g/mol. The molecule has 0 saturated heterocycles. The Balaban J connectivity index is 2.52. The smallest absolute Gasteiger partial charge is 0.286 e. The summed E-state index contributed by atoms with van der Waals surface area (Å²) in [6, 6.07) is 0. The molecule has 1 rings (SSSR count). The van der Waals surface area contributed by atoms with Crippen LogP contribution in [0.2, 0.25) is 0 Å². The van der Waals surface area contributed by atoms with Crippen molar-refractivity contribution in [3.05, 3.63) is 11.6 Å². The number of hydrogen-bond acceptors (Lipinski definition) is 3. The summed E-state index contributed by atoms with van der Waals surface area (Å²) < 4.78 is 16.0. The van der Waals surface area contributed by atoms with Crippen LogP contribution in [0.1, 0.15) is 13.8 Å². The normalized spacial score (nSPS) is 23.5. The Labute approximate surface area is 62.3 Å². The van der Waals surface area contributed by atoms with Gasteiger partial charge in [0.2, 0.25) is 0 Å². The Bertz CT molecular complexity index is 208. The predicted octanol–water partition coefficient (Wildman–Crippen LogP) is 1.00. The fourth-order valence-corrected chi connectivity index (χ4v) is 1.28. The third kappa shape index (κ3) is 1.67. The van der Waals surface area contributed by atoms with Crippen LogP contribution in [0.15, 0.2) is 16.6 Å². The summed E-state index contributed by atoms with van der Waals surface area (Å²) in [5, 5.41) is 1.81. The minimum atomic E-state index is -1.13. The van der Waals surface area contributed by atoms with Crippen LogP contribution in [-0.4, -0.2) is 15.5 Å². The molecule has 0 aromatic rings. The number of rotatable bonds is 1. The standard InChI is InChI=1S/C6H9NO2S/c1-5(2)9-6-7-3-4-10(6)8/h3-5H,1-2H3. The lowest BCUT2D eigenvalue weighted by molar-refractivity contribution is 0.236. The van der Waals surface area contributed by atoms with E-state index in [1.807, 2.05) is 13.8 Å². The highest BCUT2D eigenvalue weighted by atomic mass is 32.2. The van der Waals surface area contributed by atoms with Gasteiger partial charge in [-0.2, -0.15) is 0 Å². The van der Waals surface area contributed by atoms with Gasteiger partial charge in [0, 0.05) is 11.6 Å². The molecule has 0 aromatic carbocycles. The van der Waals surface area contributed by atoms with Gasteiger partial charge in [0.1, 0.15) is 10.8 Å². The second kappa shape index (κ2) is 2.96. The van der Waals surface area contributed by atoms with Crippen molar-refractivity contribution in [3.8, 4) is 0 Å². The van der Waals surface area contributed by atoms with Crippen LogP contribution in [0.25, 0.3) is 0 Å². The molecule has 1 unspecified atom stereocenters.